The second kappa shape index (κ2) is 6.42. The summed E-state index contributed by atoms with van der Waals surface area (Å²) < 4.78 is 0. The molecule has 0 amide bonds. The second-order valence-corrected chi connectivity index (χ2v) is 22.2. The van der Waals surface area contributed by atoms with Gasteiger partial charge in [-0.2, -0.15) is 0 Å². The molecule has 1 rings (SSSR count). The van der Waals surface area contributed by atoms with Crippen LogP contribution in [0.2, 0.25) is 0 Å². The predicted octanol–water partition coefficient (Wildman–Crippen LogP) is 4.71. The summed E-state index contributed by atoms with van der Waals surface area (Å²) in [5.74, 6) is 0. The molecule has 0 bridgehead atoms. The Morgan fingerprint density at radius 3 is 0.800 bits per heavy atom. The first-order chi connectivity index (χ1) is 4.50. The molecule has 0 aromatic heterocycles. The van der Waals surface area contributed by atoms with Gasteiger partial charge in [-0.3, -0.25) is 0 Å². The van der Waals surface area contributed by atoms with Crippen molar-refractivity contribution in [3.05, 3.63) is 0 Å². The van der Waals surface area contributed by atoms with E-state index in [1.807, 2.05) is 0 Å². The Balaban J connectivity index is 0.000000162. The minimum atomic E-state index is -3.21. The zero-order valence-corrected chi connectivity index (χ0v) is 10.7. The van der Waals surface area contributed by atoms with Gasteiger partial charge in [-0.05, 0) is 0 Å². The summed E-state index contributed by atoms with van der Waals surface area (Å²) in [5.41, 5.74) is 0. The first kappa shape index (κ1) is 11.9. The van der Waals surface area contributed by atoms with Crippen LogP contribution >= 0.6 is 36.8 Å². The third kappa shape index (κ3) is 16.5. The average molecular weight is 305 g/mol. The van der Waals surface area contributed by atoms with Crippen molar-refractivity contribution in [2.45, 2.75) is 32.1 Å². The first-order valence-electron chi connectivity index (χ1n) is 3.18. The molecule has 0 unspecified atom stereocenters. The Labute approximate surface area is 81.0 Å². The van der Waals surface area contributed by atoms with Crippen LogP contribution in [-0.2, 0) is 12.8 Å². The Morgan fingerprint density at radius 2 is 0.700 bits per heavy atom. The fourth-order valence-electron chi connectivity index (χ4n) is 0.884. The van der Waals surface area contributed by atoms with Crippen LogP contribution in [0.5, 0.6) is 0 Å². The Hall–Kier alpha value is 1.90. The van der Waals surface area contributed by atoms with Gasteiger partial charge in [0.05, 0.1) is 0 Å². The summed E-state index contributed by atoms with van der Waals surface area (Å²) in [5, 5.41) is 0. The molecule has 1 aliphatic carbocycles. The summed E-state index contributed by atoms with van der Waals surface area (Å²) in [6.45, 7) is 0. The first-order valence-corrected chi connectivity index (χ1v) is 14.5. The zero-order valence-electron chi connectivity index (χ0n) is 5.49. The molecule has 0 aromatic carbocycles. The quantitative estimate of drug-likeness (QED) is 0.569. The average Bonchev–Trinajstić information content (AvgIpc) is 2.07. The van der Waals surface area contributed by atoms with Gasteiger partial charge < -0.3 is 0 Å². The van der Waals surface area contributed by atoms with E-state index in [1.54, 1.807) is 0 Å². The molecule has 0 heterocycles. The third-order valence-electron chi connectivity index (χ3n) is 1.25. The van der Waals surface area contributed by atoms with Crippen LogP contribution in [0.1, 0.15) is 32.1 Å². The van der Waals surface area contributed by atoms with Gasteiger partial charge in [-0.25, -0.2) is 0 Å². The Bertz CT molecular complexity index is 62.6. The maximum atomic E-state index is 5.03. The van der Waals surface area contributed by atoms with Crippen LogP contribution < -0.4 is 0 Å². The van der Waals surface area contributed by atoms with Gasteiger partial charge in [0.25, 0.3) is 0 Å². The SMILES string of the molecule is C1CCCC1.[Cl][Nb]([Cl])([Cl])[Cl]. The van der Waals surface area contributed by atoms with Gasteiger partial charge in [-0.1, -0.05) is 32.1 Å². The molecule has 1 fully saturated rings. The summed E-state index contributed by atoms with van der Waals surface area (Å²) in [7, 11) is 20.1. The summed E-state index contributed by atoms with van der Waals surface area (Å²) in [6.07, 6.45) is 7.50. The number of rotatable bonds is 0. The molecule has 1 aliphatic rings. The van der Waals surface area contributed by atoms with E-state index in [0.717, 1.165) is 0 Å². The van der Waals surface area contributed by atoms with Gasteiger partial charge in [0.2, 0.25) is 0 Å². The van der Waals surface area contributed by atoms with Crippen molar-refractivity contribution in [2.24, 2.45) is 0 Å². The topological polar surface area (TPSA) is 0 Å². The number of hydrogen-bond donors (Lipinski definition) is 0. The summed E-state index contributed by atoms with van der Waals surface area (Å²) >= 11 is -3.21. The summed E-state index contributed by atoms with van der Waals surface area (Å²) in [4.78, 5) is 0. The van der Waals surface area contributed by atoms with Gasteiger partial charge in [-0.15, -0.1) is 0 Å². The molecule has 63 valence electrons. The van der Waals surface area contributed by atoms with E-state index < -0.39 is 12.8 Å². The van der Waals surface area contributed by atoms with Crippen molar-refractivity contribution in [3.63, 3.8) is 0 Å². The molecule has 1 saturated carbocycles. The van der Waals surface area contributed by atoms with E-state index in [9.17, 15) is 0 Å². The van der Waals surface area contributed by atoms with Crippen LogP contribution in [0.4, 0.5) is 0 Å². The molecule has 0 atom stereocenters. The van der Waals surface area contributed by atoms with E-state index in [1.165, 1.54) is 32.1 Å². The molecular weight excluding hydrogens is 295 g/mol. The van der Waals surface area contributed by atoms with Crippen molar-refractivity contribution in [3.8, 4) is 0 Å². The van der Waals surface area contributed by atoms with Crippen LogP contribution in [0.15, 0.2) is 0 Å². The second-order valence-electron chi connectivity index (χ2n) is 2.15. The predicted molar refractivity (Wildman–Crippen MR) is 46.5 cm³/mol. The molecule has 0 spiro atoms. The van der Waals surface area contributed by atoms with Crippen molar-refractivity contribution in [1.82, 2.24) is 0 Å². The third-order valence-corrected chi connectivity index (χ3v) is 1.25. The van der Waals surface area contributed by atoms with Crippen LogP contribution in [-0.4, -0.2) is 0 Å². The standard InChI is InChI=1S/C5H10.4ClH.Nb/c1-2-4-5-3-1;;;;;/h1-5H2;4*1H;/q;;;;;+4/p-4. The van der Waals surface area contributed by atoms with Gasteiger partial charge in [0.15, 0.2) is 0 Å². The van der Waals surface area contributed by atoms with E-state index >= 15 is 0 Å². The van der Waals surface area contributed by atoms with E-state index in [-0.39, 0.29) is 0 Å². The van der Waals surface area contributed by atoms with Crippen molar-refractivity contribution in [1.29, 1.82) is 0 Å². The normalized spacial score (nSPS) is 18.0. The molecule has 10 heavy (non-hydrogen) atoms. The molecule has 0 aromatic rings. The van der Waals surface area contributed by atoms with E-state index in [4.69, 9.17) is 36.8 Å². The van der Waals surface area contributed by atoms with Crippen molar-refractivity contribution >= 4 is 36.8 Å². The molecule has 0 aliphatic heterocycles. The molecule has 0 N–H and O–H groups in total. The monoisotopic (exact) mass is 303 g/mol. The van der Waals surface area contributed by atoms with Crippen LogP contribution in [0.3, 0.4) is 0 Å². The zero-order chi connectivity index (χ0) is 8.04. The van der Waals surface area contributed by atoms with E-state index in [2.05, 4.69) is 0 Å². The number of hydrogen-bond acceptors (Lipinski definition) is 0. The minimum absolute atomic E-state index is 1.50. The fraction of sp³-hybridized carbons (Fsp3) is 1.00. The van der Waals surface area contributed by atoms with Gasteiger partial charge in [0, 0.05) is 0 Å². The van der Waals surface area contributed by atoms with Crippen LogP contribution in [0, 0.1) is 0 Å². The maximum absolute atomic E-state index is 5.03. The molecule has 0 saturated heterocycles. The van der Waals surface area contributed by atoms with E-state index in [0.29, 0.717) is 0 Å². The van der Waals surface area contributed by atoms with Gasteiger partial charge >= 0.3 is 49.6 Å². The molecule has 0 radical (unpaired) electrons. The molecular formula is C5H10Cl4Nb. The van der Waals surface area contributed by atoms with Gasteiger partial charge in [0.1, 0.15) is 0 Å². The van der Waals surface area contributed by atoms with Crippen molar-refractivity contribution < 1.29 is 12.8 Å². The Kier molecular flexibility index (Phi) is 7.64. The summed E-state index contributed by atoms with van der Waals surface area (Å²) in [6, 6.07) is 0. The fourth-order valence-corrected chi connectivity index (χ4v) is 0.884. The van der Waals surface area contributed by atoms with Crippen molar-refractivity contribution in [2.75, 3.05) is 0 Å². The number of halogens is 4. The molecule has 0 nitrogen and oxygen atoms in total. The Morgan fingerprint density at radius 1 is 0.600 bits per heavy atom. The molecule has 5 heteroatoms. The van der Waals surface area contributed by atoms with Crippen LogP contribution in [0.25, 0.3) is 0 Å².